The Balaban J connectivity index is 0.000000782. The van der Waals surface area contributed by atoms with Crippen LogP contribution in [0.4, 0.5) is 23.5 Å². The molecule has 0 atom stereocenters. The largest absolute Gasteiger partial charge is 0.417 e. The van der Waals surface area contributed by atoms with Crippen LogP contribution in [0.5, 0.6) is 0 Å². The first kappa shape index (κ1) is 31.6. The standard InChI is InChI=1S/C25H20F4N6O2S.CH4O3S/c1-13(2)38(36,37)35-23-18(32-24(35)30)12-11-17(31-23)21-20(14-7-4-3-5-8-14)33-22(34-21)19-15(25(27,28)29)9-6-10-16(19)26;1-5(2,3)4/h3-13H,1-2H3,(H2,30,32)(H,33,34);1H3,(H,2,3,4). The second-order valence-corrected chi connectivity index (χ2v) is 13.2. The topological polar surface area (TPSA) is 174 Å². The molecule has 0 fully saturated rings. The number of rotatable bonds is 5. The Bertz CT molecular complexity index is 2020. The Morgan fingerprint density at radius 1 is 0.930 bits per heavy atom. The molecule has 11 nitrogen and oxygen atoms in total. The summed E-state index contributed by atoms with van der Waals surface area (Å²) in [4.78, 5) is 15.7. The Morgan fingerprint density at radius 2 is 1.56 bits per heavy atom. The monoisotopic (exact) mass is 640 g/mol. The highest BCUT2D eigenvalue weighted by Crippen LogP contribution is 2.40. The number of pyridine rings is 1. The van der Waals surface area contributed by atoms with E-state index in [1.165, 1.54) is 26.0 Å². The van der Waals surface area contributed by atoms with Gasteiger partial charge in [0.1, 0.15) is 17.2 Å². The van der Waals surface area contributed by atoms with Crippen LogP contribution in [-0.4, -0.2) is 56.8 Å². The van der Waals surface area contributed by atoms with Crippen LogP contribution < -0.4 is 5.73 Å². The fourth-order valence-corrected chi connectivity index (χ4v) is 5.14. The maximum Gasteiger partial charge on any atom is 0.417 e. The summed E-state index contributed by atoms with van der Waals surface area (Å²) in [6, 6.07) is 14.2. The molecule has 0 radical (unpaired) electrons. The molecule has 4 N–H and O–H groups in total. The molecular weight excluding hydrogens is 616 g/mol. The van der Waals surface area contributed by atoms with Gasteiger partial charge in [0, 0.05) is 5.56 Å². The predicted molar refractivity (Wildman–Crippen MR) is 152 cm³/mol. The SMILES string of the molecule is CC(C)S(=O)(=O)n1c(N)nc2ccc(-c3[nH]c(-c4c(F)cccc4C(F)(F)F)nc3-c3ccccc3)nc21.CS(=O)(=O)O. The van der Waals surface area contributed by atoms with E-state index in [4.69, 9.17) is 10.3 Å². The third kappa shape index (κ3) is 6.68. The van der Waals surface area contributed by atoms with E-state index in [0.717, 1.165) is 22.2 Å². The molecule has 228 valence electrons. The summed E-state index contributed by atoms with van der Waals surface area (Å²) in [5.41, 5.74) is 5.08. The fourth-order valence-electron chi connectivity index (χ4n) is 4.04. The minimum Gasteiger partial charge on any atom is -0.368 e. The van der Waals surface area contributed by atoms with Gasteiger partial charge >= 0.3 is 6.18 Å². The minimum atomic E-state index is -4.84. The lowest BCUT2D eigenvalue weighted by molar-refractivity contribution is -0.137. The average molecular weight is 641 g/mol. The zero-order chi connectivity index (χ0) is 31.9. The molecule has 0 bridgehead atoms. The molecule has 0 amide bonds. The number of fused-ring (bicyclic) bond motifs is 1. The molecule has 0 aliphatic rings. The number of halogens is 4. The van der Waals surface area contributed by atoms with Gasteiger partial charge in [-0.1, -0.05) is 36.4 Å². The molecule has 3 heterocycles. The first-order chi connectivity index (χ1) is 19.9. The number of benzene rings is 2. The van der Waals surface area contributed by atoms with Crippen molar-refractivity contribution in [1.82, 2.24) is 23.9 Å². The van der Waals surface area contributed by atoms with Crippen molar-refractivity contribution in [2.45, 2.75) is 25.3 Å². The molecule has 2 aromatic carbocycles. The number of hydrogen-bond acceptors (Lipinski definition) is 8. The number of hydrogen-bond donors (Lipinski definition) is 3. The predicted octanol–water partition coefficient (Wildman–Crippen LogP) is 4.99. The number of nitrogens with two attached hydrogens (primary N) is 1. The number of aromatic nitrogens is 5. The Labute approximate surface area is 243 Å². The highest BCUT2D eigenvalue weighted by Gasteiger charge is 2.36. The number of imidazole rings is 2. The molecule has 0 saturated carbocycles. The van der Waals surface area contributed by atoms with Gasteiger partial charge in [-0.2, -0.15) is 25.6 Å². The van der Waals surface area contributed by atoms with Gasteiger partial charge in [0.15, 0.2) is 5.65 Å². The van der Waals surface area contributed by atoms with E-state index < -0.39 is 48.5 Å². The summed E-state index contributed by atoms with van der Waals surface area (Å²) in [6.07, 6.45) is -4.13. The smallest absolute Gasteiger partial charge is 0.368 e. The summed E-state index contributed by atoms with van der Waals surface area (Å²) in [5, 5.41) is -0.840. The number of H-pyrrole nitrogens is 1. The van der Waals surface area contributed by atoms with Gasteiger partial charge in [0.2, 0.25) is 16.0 Å². The van der Waals surface area contributed by atoms with Gasteiger partial charge in [0.05, 0.1) is 39.7 Å². The Kier molecular flexibility index (Phi) is 8.36. The molecule has 5 rings (SSSR count). The molecule has 0 aliphatic heterocycles. The van der Waals surface area contributed by atoms with Gasteiger partial charge in [-0.15, -0.1) is 0 Å². The van der Waals surface area contributed by atoms with Crippen molar-refractivity contribution in [3.05, 3.63) is 72.0 Å². The Hall–Kier alpha value is -4.35. The third-order valence-corrected chi connectivity index (χ3v) is 7.96. The summed E-state index contributed by atoms with van der Waals surface area (Å²) >= 11 is 0. The zero-order valence-electron chi connectivity index (χ0n) is 22.6. The van der Waals surface area contributed by atoms with E-state index in [2.05, 4.69) is 19.9 Å². The second-order valence-electron chi connectivity index (χ2n) is 9.44. The summed E-state index contributed by atoms with van der Waals surface area (Å²) in [7, 11) is -7.62. The summed E-state index contributed by atoms with van der Waals surface area (Å²) < 4.78 is 109. The van der Waals surface area contributed by atoms with Crippen LogP contribution in [0.3, 0.4) is 0 Å². The third-order valence-electron chi connectivity index (χ3n) is 5.90. The van der Waals surface area contributed by atoms with E-state index in [-0.39, 0.29) is 40.0 Å². The zero-order valence-corrected chi connectivity index (χ0v) is 24.3. The molecular formula is C26H24F4N6O5S2. The van der Waals surface area contributed by atoms with Crippen molar-refractivity contribution in [2.75, 3.05) is 12.0 Å². The van der Waals surface area contributed by atoms with Crippen LogP contribution in [0.25, 0.3) is 45.2 Å². The highest BCUT2D eigenvalue weighted by atomic mass is 32.2. The number of alkyl halides is 3. The lowest BCUT2D eigenvalue weighted by atomic mass is 10.1. The van der Waals surface area contributed by atoms with Crippen molar-refractivity contribution in [1.29, 1.82) is 0 Å². The van der Waals surface area contributed by atoms with Gasteiger partial charge in [-0.25, -0.2) is 27.8 Å². The first-order valence-electron chi connectivity index (χ1n) is 12.2. The van der Waals surface area contributed by atoms with Crippen LogP contribution in [0.1, 0.15) is 19.4 Å². The molecule has 0 saturated heterocycles. The van der Waals surface area contributed by atoms with Crippen LogP contribution >= 0.6 is 0 Å². The number of anilines is 1. The maximum atomic E-state index is 14.8. The molecule has 5 aromatic rings. The molecule has 3 aromatic heterocycles. The summed E-state index contributed by atoms with van der Waals surface area (Å²) in [5.74, 6) is -1.76. The average Bonchev–Trinajstić information content (AvgIpc) is 3.48. The van der Waals surface area contributed by atoms with E-state index in [1.54, 1.807) is 30.3 Å². The molecule has 0 aliphatic carbocycles. The highest BCUT2D eigenvalue weighted by molar-refractivity contribution is 7.90. The van der Waals surface area contributed by atoms with Gasteiger partial charge < -0.3 is 10.7 Å². The molecule has 43 heavy (non-hydrogen) atoms. The van der Waals surface area contributed by atoms with Crippen LogP contribution in [0, 0.1) is 5.82 Å². The quantitative estimate of drug-likeness (QED) is 0.177. The molecule has 0 unspecified atom stereocenters. The second kappa shape index (κ2) is 11.4. The molecule has 0 spiro atoms. The Morgan fingerprint density at radius 3 is 2.14 bits per heavy atom. The van der Waals surface area contributed by atoms with Crippen LogP contribution in [-0.2, 0) is 26.3 Å². The number of nitrogens with zero attached hydrogens (tertiary/aromatic N) is 4. The van der Waals surface area contributed by atoms with Gasteiger partial charge in [-0.05, 0) is 38.1 Å². The van der Waals surface area contributed by atoms with E-state index in [0.29, 0.717) is 11.8 Å². The van der Waals surface area contributed by atoms with E-state index >= 15 is 0 Å². The maximum absolute atomic E-state index is 14.8. The summed E-state index contributed by atoms with van der Waals surface area (Å²) in [6.45, 7) is 2.96. The fraction of sp³-hybridized carbons (Fsp3) is 0.192. The number of nitrogen functional groups attached to an aromatic ring is 1. The minimum absolute atomic E-state index is 0.0641. The number of nitrogens with one attached hydrogen (secondary N) is 1. The van der Waals surface area contributed by atoms with Gasteiger partial charge in [0.25, 0.3) is 10.1 Å². The molecule has 17 heteroatoms. The van der Waals surface area contributed by atoms with Crippen molar-refractivity contribution < 1.29 is 39.0 Å². The van der Waals surface area contributed by atoms with Crippen LogP contribution in [0.15, 0.2) is 60.7 Å². The lowest BCUT2D eigenvalue weighted by Gasteiger charge is -2.11. The van der Waals surface area contributed by atoms with E-state index in [1.807, 2.05) is 0 Å². The normalized spacial score (nSPS) is 12.4. The number of aromatic amines is 1. The van der Waals surface area contributed by atoms with Crippen molar-refractivity contribution in [3.8, 4) is 34.0 Å². The van der Waals surface area contributed by atoms with E-state index in [9.17, 15) is 34.4 Å². The first-order valence-corrected chi connectivity index (χ1v) is 15.6. The van der Waals surface area contributed by atoms with Gasteiger partial charge in [-0.3, -0.25) is 4.55 Å². The van der Waals surface area contributed by atoms with Crippen molar-refractivity contribution >= 4 is 37.3 Å². The lowest BCUT2D eigenvalue weighted by Crippen LogP contribution is -2.24. The van der Waals surface area contributed by atoms with Crippen LogP contribution in [0.2, 0.25) is 0 Å². The van der Waals surface area contributed by atoms with Crippen molar-refractivity contribution in [3.63, 3.8) is 0 Å². The van der Waals surface area contributed by atoms with Crippen molar-refractivity contribution in [2.24, 2.45) is 0 Å².